The highest BCUT2D eigenvalue weighted by Gasteiger charge is 2.47. The van der Waals surface area contributed by atoms with Crippen LogP contribution in [0.15, 0.2) is 0 Å². The molecule has 8 aliphatic rings. The van der Waals surface area contributed by atoms with Gasteiger partial charge in [-0.15, -0.1) is 0 Å². The van der Waals surface area contributed by atoms with E-state index < -0.39 is 11.1 Å². The quantitative estimate of drug-likeness (QED) is 0.0353. The molecule has 8 rings (SSSR count). The fraction of sp³-hybridized carbons (Fsp3) is 0.913. The molecule has 0 spiro atoms. The molecule has 1 saturated carbocycles. The maximum atomic E-state index is 13.1. The lowest BCUT2D eigenvalue weighted by Crippen LogP contribution is -2.65. The van der Waals surface area contributed by atoms with E-state index in [2.05, 4.69) is 236 Å². The van der Waals surface area contributed by atoms with Gasteiger partial charge in [0.25, 0.3) is 0 Å². The van der Waals surface area contributed by atoms with Crippen LogP contribution in [0.5, 0.6) is 0 Å². The molecule has 3 atom stereocenters. The van der Waals surface area contributed by atoms with Crippen LogP contribution in [0.1, 0.15) is 282 Å². The minimum atomic E-state index is -0.589. The van der Waals surface area contributed by atoms with Crippen LogP contribution in [-0.4, -0.2) is 433 Å². The minimum absolute atomic E-state index is 0.125. The smallest absolute Gasteiger partial charge is 0.243 e. The summed E-state index contributed by atoms with van der Waals surface area (Å²) >= 11 is 0. The number of likely N-dealkylation sites (N-methyl/N-ethyl adjacent to an activating group) is 4. The summed E-state index contributed by atoms with van der Waals surface area (Å²) in [7, 11) is 24.9. The number of nitrogens with one attached hydrogen (secondary N) is 9. The lowest BCUT2D eigenvalue weighted by molar-refractivity contribution is -0.142. The van der Waals surface area contributed by atoms with Gasteiger partial charge in [-0.2, -0.15) is 0 Å². The summed E-state index contributed by atoms with van der Waals surface area (Å²) in [5.41, 5.74) is 23.8. The lowest BCUT2D eigenvalue weighted by atomic mass is 9.85. The average Bonchev–Trinajstić information content (AvgIpc) is 1.47. The summed E-state index contributed by atoms with van der Waals surface area (Å²) in [5, 5.41) is 30.0. The molecule has 0 aromatic rings. The zero-order chi connectivity index (χ0) is 107. The molecular weight excluding hydrogens is 1760 g/mol. The highest BCUT2D eigenvalue weighted by molar-refractivity contribution is 5.89. The first-order chi connectivity index (χ1) is 64.3. The fourth-order valence-electron chi connectivity index (χ4n) is 19.5. The lowest BCUT2D eigenvalue weighted by Gasteiger charge is -2.45. The van der Waals surface area contributed by atoms with Gasteiger partial charge in [-0.3, -0.25) is 48.1 Å². The van der Waals surface area contributed by atoms with E-state index in [-0.39, 0.29) is 105 Å². The molecule has 7 heterocycles. The Morgan fingerprint density at radius 2 is 0.777 bits per heavy atom. The Kier molecular flexibility index (Phi) is 64.0. The van der Waals surface area contributed by atoms with Crippen LogP contribution in [-0.2, 0) is 43.2 Å². The third-order valence-electron chi connectivity index (χ3n) is 27.9. The van der Waals surface area contributed by atoms with Gasteiger partial charge in [0.2, 0.25) is 53.2 Å². The minimum Gasteiger partial charge on any atom is -0.369 e. The molecule has 0 aromatic heterocycles. The molecule has 35 nitrogen and oxygen atoms in total. The van der Waals surface area contributed by atoms with Gasteiger partial charge >= 0.3 is 0 Å². The van der Waals surface area contributed by atoms with Gasteiger partial charge in [0.15, 0.2) is 0 Å². The van der Waals surface area contributed by atoms with E-state index >= 15 is 0 Å². The Balaban J connectivity index is 0.00000156. The Morgan fingerprint density at radius 3 is 1.08 bits per heavy atom. The molecular formula is C104H218N26O9. The summed E-state index contributed by atoms with van der Waals surface area (Å²) in [4.78, 5) is 133. The number of amides is 9. The van der Waals surface area contributed by atoms with Crippen molar-refractivity contribution in [3.05, 3.63) is 0 Å². The van der Waals surface area contributed by atoms with Gasteiger partial charge < -0.3 is 130 Å². The normalized spacial score (nSPS) is 20.4. The molecule has 1 unspecified atom stereocenters. The molecule has 8 fully saturated rings. The van der Waals surface area contributed by atoms with E-state index in [9.17, 15) is 43.2 Å². The summed E-state index contributed by atoms with van der Waals surface area (Å²) in [5.74, 6) is 0.481. The monoisotopic (exact) mass is 1980 g/mol. The Labute approximate surface area is 848 Å². The van der Waals surface area contributed by atoms with Gasteiger partial charge in [-0.25, -0.2) is 0 Å². The maximum absolute atomic E-state index is 13.1. The highest BCUT2D eigenvalue weighted by Crippen LogP contribution is 2.32. The number of nitrogens with two attached hydrogens (primary N) is 5. The zero-order valence-corrected chi connectivity index (χ0v) is 95.5. The summed E-state index contributed by atoms with van der Waals surface area (Å²) in [6.07, 6.45) is 17.8. The average molecular weight is 1980 g/mol. The SMILES string of the molecule is CC(C)N1CCC(C(N)=O)CC1.CC(C)NC(C)(C)C(N)=O.CC(C)NC1(C(=O)N(C)CCN(C)C)CCN(C)CC1.CC(C)NC1(C(=O)N2CCN(C)CC2)CCN(C)CC1.CC(C)NC1(C(=O)NCCC2CCCN2C)CCN(C)CC1.CC(C)NC1(C(=O)NCCCN(C)C)CCN(C)CC1.CC(C)NC1(C(N)=O)CCCC1.CC(C)N[C@@H](C(N)=O)C(C)C.CC(C)[C@H](C(N)=O)N(C)C(C)C. The number of piperazine rings is 1. The van der Waals surface area contributed by atoms with Crippen molar-refractivity contribution in [2.24, 2.45) is 46.4 Å². The van der Waals surface area contributed by atoms with Gasteiger partial charge in [0.1, 0.15) is 22.2 Å². The number of likely N-dealkylation sites (tertiary alicyclic amines) is 6. The first kappa shape index (κ1) is 134. The van der Waals surface area contributed by atoms with Crippen LogP contribution < -0.4 is 76.5 Å². The third-order valence-corrected chi connectivity index (χ3v) is 27.9. The Bertz CT molecular complexity index is 3400. The predicted octanol–water partition coefficient (Wildman–Crippen LogP) is 5.21. The second-order valence-electron chi connectivity index (χ2n) is 45.9. The highest BCUT2D eigenvalue weighted by atomic mass is 16.2. The van der Waals surface area contributed by atoms with Crippen molar-refractivity contribution < 1.29 is 43.2 Å². The van der Waals surface area contributed by atoms with E-state index in [1.807, 2.05) is 107 Å². The summed E-state index contributed by atoms with van der Waals surface area (Å²) < 4.78 is 0. The van der Waals surface area contributed by atoms with Crippen LogP contribution in [0.2, 0.25) is 0 Å². The molecule has 19 N–H and O–H groups in total. The van der Waals surface area contributed by atoms with Crippen molar-refractivity contribution in [2.45, 2.75) is 387 Å². The molecule has 0 radical (unpaired) electrons. The third kappa shape index (κ3) is 51.4. The zero-order valence-electron chi connectivity index (χ0n) is 95.5. The van der Waals surface area contributed by atoms with E-state index in [0.717, 1.165) is 227 Å². The molecule has 9 amide bonds. The van der Waals surface area contributed by atoms with Crippen LogP contribution in [0.3, 0.4) is 0 Å². The van der Waals surface area contributed by atoms with E-state index in [4.69, 9.17) is 28.7 Å². The fourth-order valence-corrected chi connectivity index (χ4v) is 19.5. The molecule has 0 bridgehead atoms. The number of piperidine rings is 5. The van der Waals surface area contributed by atoms with Crippen molar-refractivity contribution in [3.8, 4) is 0 Å². The molecule has 1 aliphatic carbocycles. The Morgan fingerprint density at radius 1 is 0.396 bits per heavy atom. The van der Waals surface area contributed by atoms with Crippen molar-refractivity contribution in [3.63, 3.8) is 0 Å². The standard InChI is InChI=1S/C17H34N4O.C15H30N4O.2C15H32N4O.2C9H18N2O.C9H20N2O.C8H18N2O.C7H16N2O/c1-14(2)19-17(8-12-20(3)13-9-17)16(22)18-10-7-15-6-5-11-21(15)4;1-13(2)16-15(5-7-17(3)8-6-15)14(20)19-11-9-18(4)10-12-19;1-13(2)16-15(7-9-18(5)10-8-15)14(20)19(6)12-11-17(3)4;1-13(2)17-15(7-11-19(5)12-8-15)14(20)16-9-6-10-18(3)4;1-7(2)11-5-3-8(4-6-11)9(10)12;1-7(2)11-9(8(10)12)5-3-4-6-9;1-6(2)8(9(10)12)11(5)7(3)4;1-5(2)7(8(9)11)10-6(3)4;1-5(2)9-7(3,4)6(8)10/h14-15,19H,5-13H2,1-4H3,(H,18,22);13,16H,5-12H2,1-4H3;13,16H,7-12H2,1-6H3;13,17H,6-12H2,1-5H3,(H,16,20);7-8H,3-6H2,1-2H3,(H2,10,12);7,11H,3-6H2,1-2H3,(H2,10,12);6-8H,1-5H3,(H2,10,12);5-7,10H,1-4H3,(H2,9,11);5,9H,1-4H3,(H2,8,10)/t;;;;;;8-;7-;/m......11./s1. The van der Waals surface area contributed by atoms with Crippen LogP contribution in [0, 0.1) is 17.8 Å². The number of carbonyl (C=O) groups is 9. The van der Waals surface area contributed by atoms with E-state index in [0.29, 0.717) is 60.3 Å². The molecule has 139 heavy (non-hydrogen) atoms. The first-order valence-electron chi connectivity index (χ1n) is 53.2. The van der Waals surface area contributed by atoms with Crippen molar-refractivity contribution in [1.29, 1.82) is 0 Å². The van der Waals surface area contributed by atoms with Crippen molar-refractivity contribution in [2.75, 3.05) is 215 Å². The van der Waals surface area contributed by atoms with Crippen LogP contribution in [0.4, 0.5) is 0 Å². The first-order valence-corrected chi connectivity index (χ1v) is 53.2. The number of hydrogen-bond acceptors (Lipinski definition) is 26. The number of rotatable bonds is 38. The summed E-state index contributed by atoms with van der Waals surface area (Å²) in [6.45, 7) is 68.1. The van der Waals surface area contributed by atoms with E-state index in [1.165, 1.54) is 19.4 Å². The van der Waals surface area contributed by atoms with Gasteiger partial charge in [0, 0.05) is 178 Å². The maximum Gasteiger partial charge on any atom is 0.243 e. The van der Waals surface area contributed by atoms with Gasteiger partial charge in [-0.1, -0.05) is 54.4 Å². The molecule has 0 aromatic carbocycles. The van der Waals surface area contributed by atoms with Crippen LogP contribution >= 0.6 is 0 Å². The predicted molar refractivity (Wildman–Crippen MR) is 576 cm³/mol. The van der Waals surface area contributed by atoms with E-state index in [1.54, 1.807) is 13.8 Å². The number of carbonyl (C=O) groups excluding carboxylic acids is 9. The number of hydrogen-bond donors (Lipinski definition) is 14. The van der Waals surface area contributed by atoms with Gasteiger partial charge in [-0.05, 0) is 343 Å². The van der Waals surface area contributed by atoms with Crippen LogP contribution in [0.25, 0.3) is 0 Å². The Hall–Kier alpha value is -5.45. The molecule has 7 aliphatic heterocycles. The van der Waals surface area contributed by atoms with Crippen molar-refractivity contribution in [1.82, 2.24) is 107 Å². The number of primary amides is 5. The van der Waals surface area contributed by atoms with Gasteiger partial charge in [0.05, 0.1) is 23.2 Å². The molecule has 818 valence electrons. The topological polar surface area (TPSA) is 431 Å². The second kappa shape index (κ2) is 66.6. The summed E-state index contributed by atoms with van der Waals surface area (Å²) in [6, 6.07) is 3.48. The molecule has 35 heteroatoms. The van der Waals surface area contributed by atoms with Crippen molar-refractivity contribution >= 4 is 53.2 Å². The largest absolute Gasteiger partial charge is 0.369 e. The second-order valence-corrected chi connectivity index (χ2v) is 45.9. The number of nitrogens with zero attached hydrogens (tertiary/aromatic N) is 12. The molecule has 7 saturated heterocycles.